The van der Waals surface area contributed by atoms with Crippen LogP contribution in [0, 0.1) is 0 Å². The van der Waals surface area contributed by atoms with Crippen molar-refractivity contribution in [3.63, 3.8) is 0 Å². The SMILES string of the molecule is CN(CCCN1CCC(NC2CC2)C1)Cc1ccccc1. The van der Waals surface area contributed by atoms with E-state index in [9.17, 15) is 0 Å². The molecule has 1 aliphatic heterocycles. The Morgan fingerprint density at radius 1 is 1.14 bits per heavy atom. The smallest absolute Gasteiger partial charge is 0.0230 e. The van der Waals surface area contributed by atoms with E-state index in [1.165, 1.54) is 57.4 Å². The van der Waals surface area contributed by atoms with Gasteiger partial charge in [-0.2, -0.15) is 0 Å². The summed E-state index contributed by atoms with van der Waals surface area (Å²) < 4.78 is 0. The lowest BCUT2D eigenvalue weighted by molar-refractivity contribution is 0.271. The van der Waals surface area contributed by atoms with Crippen LogP contribution in [0.25, 0.3) is 0 Å². The molecule has 1 saturated heterocycles. The van der Waals surface area contributed by atoms with E-state index in [2.05, 4.69) is 52.5 Å². The second-order valence-corrected chi connectivity index (χ2v) is 6.80. The van der Waals surface area contributed by atoms with Gasteiger partial charge >= 0.3 is 0 Å². The van der Waals surface area contributed by atoms with Crippen molar-refractivity contribution in [2.45, 2.75) is 44.3 Å². The quantitative estimate of drug-likeness (QED) is 0.792. The van der Waals surface area contributed by atoms with Gasteiger partial charge in [-0.15, -0.1) is 0 Å². The lowest BCUT2D eigenvalue weighted by Gasteiger charge is -2.20. The number of benzene rings is 1. The van der Waals surface area contributed by atoms with Crippen LogP contribution in [0.2, 0.25) is 0 Å². The van der Waals surface area contributed by atoms with Gasteiger partial charge in [0.2, 0.25) is 0 Å². The fraction of sp³-hybridized carbons (Fsp3) is 0.667. The minimum absolute atomic E-state index is 0.763. The molecule has 1 N–H and O–H groups in total. The first-order valence-electron chi connectivity index (χ1n) is 8.50. The fourth-order valence-corrected chi connectivity index (χ4v) is 3.29. The van der Waals surface area contributed by atoms with Crippen LogP contribution in [0.5, 0.6) is 0 Å². The fourth-order valence-electron chi connectivity index (χ4n) is 3.29. The maximum atomic E-state index is 3.76. The third-order valence-corrected chi connectivity index (χ3v) is 4.63. The second-order valence-electron chi connectivity index (χ2n) is 6.80. The molecule has 0 spiro atoms. The van der Waals surface area contributed by atoms with Crippen LogP contribution >= 0.6 is 0 Å². The van der Waals surface area contributed by atoms with Crippen molar-refractivity contribution in [2.75, 3.05) is 33.2 Å². The van der Waals surface area contributed by atoms with Crippen molar-refractivity contribution >= 4 is 0 Å². The highest BCUT2D eigenvalue weighted by atomic mass is 15.2. The Bertz CT molecular complexity index is 416. The summed E-state index contributed by atoms with van der Waals surface area (Å²) in [5.41, 5.74) is 1.41. The predicted octanol–water partition coefficient (Wildman–Crippen LogP) is 2.33. The molecule has 1 unspecified atom stereocenters. The highest BCUT2D eigenvalue weighted by Gasteiger charge is 2.28. The lowest BCUT2D eigenvalue weighted by atomic mass is 10.2. The van der Waals surface area contributed by atoms with Crippen molar-refractivity contribution < 1.29 is 0 Å². The number of rotatable bonds is 8. The Morgan fingerprint density at radius 2 is 1.95 bits per heavy atom. The number of nitrogens with one attached hydrogen (secondary N) is 1. The van der Waals surface area contributed by atoms with E-state index < -0.39 is 0 Å². The topological polar surface area (TPSA) is 18.5 Å². The average molecular weight is 287 g/mol. The van der Waals surface area contributed by atoms with Gasteiger partial charge in [-0.05, 0) is 57.9 Å². The predicted molar refractivity (Wildman–Crippen MR) is 88.4 cm³/mol. The summed E-state index contributed by atoms with van der Waals surface area (Å²) in [6.07, 6.45) is 5.43. The van der Waals surface area contributed by atoms with Crippen LogP contribution in [-0.2, 0) is 6.54 Å². The molecule has 3 rings (SSSR count). The molecule has 1 aliphatic carbocycles. The van der Waals surface area contributed by atoms with Crippen molar-refractivity contribution in [1.82, 2.24) is 15.1 Å². The maximum Gasteiger partial charge on any atom is 0.0230 e. The summed E-state index contributed by atoms with van der Waals surface area (Å²) in [6.45, 7) is 6.05. The molecule has 1 saturated carbocycles. The standard InChI is InChI=1S/C18H29N3/c1-20(14-16-6-3-2-4-7-16)11-5-12-21-13-10-18(15-21)19-17-8-9-17/h2-4,6-7,17-19H,5,8-15H2,1H3. The van der Waals surface area contributed by atoms with Crippen LogP contribution in [0.4, 0.5) is 0 Å². The summed E-state index contributed by atoms with van der Waals surface area (Å²) in [5.74, 6) is 0. The molecule has 3 nitrogen and oxygen atoms in total. The number of hydrogen-bond donors (Lipinski definition) is 1. The van der Waals surface area contributed by atoms with E-state index in [-0.39, 0.29) is 0 Å². The average Bonchev–Trinajstić information content (AvgIpc) is 3.18. The van der Waals surface area contributed by atoms with Gasteiger partial charge < -0.3 is 15.1 Å². The Kier molecular flexibility index (Phi) is 5.28. The monoisotopic (exact) mass is 287 g/mol. The minimum Gasteiger partial charge on any atom is -0.310 e. The molecule has 116 valence electrons. The first-order valence-corrected chi connectivity index (χ1v) is 8.50. The van der Waals surface area contributed by atoms with E-state index >= 15 is 0 Å². The van der Waals surface area contributed by atoms with Crippen LogP contribution < -0.4 is 5.32 Å². The third-order valence-electron chi connectivity index (χ3n) is 4.63. The molecule has 0 bridgehead atoms. The van der Waals surface area contributed by atoms with Gasteiger partial charge in [-0.3, -0.25) is 0 Å². The van der Waals surface area contributed by atoms with Crippen molar-refractivity contribution in [1.29, 1.82) is 0 Å². The van der Waals surface area contributed by atoms with Gasteiger partial charge in [0.15, 0.2) is 0 Å². The largest absolute Gasteiger partial charge is 0.310 e. The van der Waals surface area contributed by atoms with Gasteiger partial charge in [0, 0.05) is 25.2 Å². The third kappa shape index (κ3) is 5.10. The minimum atomic E-state index is 0.763. The summed E-state index contributed by atoms with van der Waals surface area (Å²) >= 11 is 0. The van der Waals surface area contributed by atoms with Gasteiger partial charge in [0.25, 0.3) is 0 Å². The molecule has 1 aromatic carbocycles. The number of nitrogens with zero attached hydrogens (tertiary/aromatic N) is 2. The molecule has 0 aromatic heterocycles. The molecule has 1 aromatic rings. The normalized spacial score (nSPS) is 23.0. The summed E-state index contributed by atoms with van der Waals surface area (Å²) in [5, 5.41) is 3.76. The van der Waals surface area contributed by atoms with Crippen molar-refractivity contribution in [3.8, 4) is 0 Å². The molecule has 1 heterocycles. The van der Waals surface area contributed by atoms with E-state index in [0.717, 1.165) is 18.6 Å². The zero-order valence-electron chi connectivity index (χ0n) is 13.3. The zero-order chi connectivity index (χ0) is 14.5. The first-order chi connectivity index (χ1) is 10.3. The van der Waals surface area contributed by atoms with E-state index in [0.29, 0.717) is 0 Å². The first kappa shape index (κ1) is 15.0. The van der Waals surface area contributed by atoms with E-state index in [1.807, 2.05) is 0 Å². The molecule has 2 aliphatic rings. The van der Waals surface area contributed by atoms with Crippen LogP contribution in [0.15, 0.2) is 30.3 Å². The maximum absolute atomic E-state index is 3.76. The Labute approximate surface area is 129 Å². The highest BCUT2D eigenvalue weighted by molar-refractivity contribution is 5.14. The number of hydrogen-bond acceptors (Lipinski definition) is 3. The van der Waals surface area contributed by atoms with E-state index in [4.69, 9.17) is 0 Å². The van der Waals surface area contributed by atoms with Gasteiger partial charge in [0.1, 0.15) is 0 Å². The van der Waals surface area contributed by atoms with Crippen LogP contribution in [0.1, 0.15) is 31.2 Å². The Balaban J connectivity index is 1.29. The molecular weight excluding hydrogens is 258 g/mol. The molecule has 3 heteroatoms. The Morgan fingerprint density at radius 3 is 2.71 bits per heavy atom. The molecule has 2 fully saturated rings. The van der Waals surface area contributed by atoms with Crippen molar-refractivity contribution in [3.05, 3.63) is 35.9 Å². The Hall–Kier alpha value is -0.900. The van der Waals surface area contributed by atoms with Gasteiger partial charge in [-0.1, -0.05) is 30.3 Å². The molecular formula is C18H29N3. The summed E-state index contributed by atoms with van der Waals surface area (Å²) in [4.78, 5) is 5.07. The molecule has 21 heavy (non-hydrogen) atoms. The van der Waals surface area contributed by atoms with Gasteiger partial charge in [0.05, 0.1) is 0 Å². The van der Waals surface area contributed by atoms with Crippen molar-refractivity contribution in [2.24, 2.45) is 0 Å². The molecule has 0 radical (unpaired) electrons. The summed E-state index contributed by atoms with van der Waals surface area (Å²) in [7, 11) is 2.23. The highest BCUT2D eigenvalue weighted by Crippen LogP contribution is 2.21. The van der Waals surface area contributed by atoms with E-state index in [1.54, 1.807) is 0 Å². The summed E-state index contributed by atoms with van der Waals surface area (Å²) in [6, 6.07) is 12.4. The van der Waals surface area contributed by atoms with Crippen LogP contribution in [-0.4, -0.2) is 55.1 Å². The van der Waals surface area contributed by atoms with Crippen LogP contribution in [0.3, 0.4) is 0 Å². The molecule has 1 atom stereocenters. The second kappa shape index (κ2) is 7.39. The lowest BCUT2D eigenvalue weighted by Crippen LogP contribution is -2.34. The number of likely N-dealkylation sites (tertiary alicyclic amines) is 1. The molecule has 0 amide bonds. The van der Waals surface area contributed by atoms with Gasteiger partial charge in [-0.25, -0.2) is 0 Å². The zero-order valence-corrected chi connectivity index (χ0v) is 13.3.